The van der Waals surface area contributed by atoms with Gasteiger partial charge >= 0.3 is 0 Å². The summed E-state index contributed by atoms with van der Waals surface area (Å²) < 4.78 is 27.2. The molecular weight excluding hydrogens is 286 g/mol. The molecule has 2 N–H and O–H groups in total. The molecule has 0 aliphatic carbocycles. The SMILES string of the molecule is CCCCCC(C)NS(=O)(=O)c1ccc(CCCO)cc1. The first-order valence-electron chi connectivity index (χ1n) is 7.71. The van der Waals surface area contributed by atoms with Crippen LogP contribution in [0, 0.1) is 0 Å². The number of benzene rings is 1. The maximum Gasteiger partial charge on any atom is 0.240 e. The van der Waals surface area contributed by atoms with Crippen LogP contribution in [0.1, 0.15) is 51.5 Å². The lowest BCUT2D eigenvalue weighted by atomic mass is 10.1. The summed E-state index contributed by atoms with van der Waals surface area (Å²) in [5.74, 6) is 0. The first-order valence-corrected chi connectivity index (χ1v) is 9.20. The third-order valence-electron chi connectivity index (χ3n) is 3.45. The normalized spacial score (nSPS) is 13.3. The van der Waals surface area contributed by atoms with Crippen molar-refractivity contribution in [2.75, 3.05) is 6.61 Å². The van der Waals surface area contributed by atoms with Crippen molar-refractivity contribution in [3.63, 3.8) is 0 Å². The lowest BCUT2D eigenvalue weighted by molar-refractivity contribution is 0.288. The molecule has 5 heteroatoms. The molecular formula is C16H27NO3S. The standard InChI is InChI=1S/C16H27NO3S/c1-3-4-5-7-14(2)17-21(19,20)16-11-9-15(10-12-16)8-6-13-18/h9-12,14,17-18H,3-8,13H2,1-2H3. The van der Waals surface area contributed by atoms with Crippen LogP contribution in [0.2, 0.25) is 0 Å². The Labute approximate surface area is 128 Å². The maximum atomic E-state index is 12.2. The van der Waals surface area contributed by atoms with E-state index in [0.29, 0.717) is 11.3 Å². The van der Waals surface area contributed by atoms with Crippen LogP contribution in [-0.4, -0.2) is 26.2 Å². The maximum absolute atomic E-state index is 12.2. The molecule has 0 bridgehead atoms. The molecule has 0 radical (unpaired) electrons. The van der Waals surface area contributed by atoms with E-state index in [9.17, 15) is 8.42 Å². The fourth-order valence-electron chi connectivity index (χ4n) is 2.21. The molecule has 0 spiro atoms. The van der Waals surface area contributed by atoms with Crippen molar-refractivity contribution < 1.29 is 13.5 Å². The van der Waals surface area contributed by atoms with Gasteiger partial charge in [-0.05, 0) is 43.9 Å². The lowest BCUT2D eigenvalue weighted by Gasteiger charge is -2.14. The molecule has 1 aromatic carbocycles. The number of unbranched alkanes of at least 4 members (excludes halogenated alkanes) is 2. The molecule has 0 aromatic heterocycles. The van der Waals surface area contributed by atoms with Gasteiger partial charge in [0.15, 0.2) is 0 Å². The molecule has 4 nitrogen and oxygen atoms in total. The highest BCUT2D eigenvalue weighted by atomic mass is 32.2. The van der Waals surface area contributed by atoms with E-state index in [1.165, 1.54) is 0 Å². The Morgan fingerprint density at radius 1 is 1.14 bits per heavy atom. The van der Waals surface area contributed by atoms with Gasteiger partial charge in [-0.25, -0.2) is 13.1 Å². The van der Waals surface area contributed by atoms with Crippen LogP contribution in [0.4, 0.5) is 0 Å². The van der Waals surface area contributed by atoms with E-state index in [2.05, 4.69) is 11.6 Å². The van der Waals surface area contributed by atoms with Crippen molar-refractivity contribution in [2.24, 2.45) is 0 Å². The van der Waals surface area contributed by atoms with Crippen LogP contribution in [-0.2, 0) is 16.4 Å². The monoisotopic (exact) mass is 313 g/mol. The minimum atomic E-state index is -3.43. The van der Waals surface area contributed by atoms with Crippen molar-refractivity contribution in [1.82, 2.24) is 4.72 Å². The highest BCUT2D eigenvalue weighted by molar-refractivity contribution is 7.89. The van der Waals surface area contributed by atoms with Crippen molar-refractivity contribution in [3.8, 4) is 0 Å². The summed E-state index contributed by atoms with van der Waals surface area (Å²) in [5.41, 5.74) is 1.04. The molecule has 0 saturated heterocycles. The fraction of sp³-hybridized carbons (Fsp3) is 0.625. The lowest BCUT2D eigenvalue weighted by Crippen LogP contribution is -2.32. The van der Waals surface area contributed by atoms with E-state index < -0.39 is 10.0 Å². The minimum absolute atomic E-state index is 0.0457. The number of nitrogens with one attached hydrogen (secondary N) is 1. The molecule has 0 fully saturated rings. The highest BCUT2D eigenvalue weighted by Gasteiger charge is 2.16. The molecule has 0 amide bonds. The molecule has 0 aliphatic rings. The van der Waals surface area contributed by atoms with Gasteiger partial charge in [0.1, 0.15) is 0 Å². The Morgan fingerprint density at radius 3 is 2.38 bits per heavy atom. The zero-order valence-electron chi connectivity index (χ0n) is 13.0. The first kappa shape index (κ1) is 18.1. The van der Waals surface area contributed by atoms with Crippen molar-refractivity contribution in [3.05, 3.63) is 29.8 Å². The predicted molar refractivity (Wildman–Crippen MR) is 85.8 cm³/mol. The van der Waals surface area contributed by atoms with Gasteiger partial charge in [0.05, 0.1) is 4.90 Å². The molecule has 1 unspecified atom stereocenters. The fourth-order valence-corrected chi connectivity index (χ4v) is 3.49. The smallest absolute Gasteiger partial charge is 0.240 e. The molecule has 21 heavy (non-hydrogen) atoms. The largest absolute Gasteiger partial charge is 0.396 e. The van der Waals surface area contributed by atoms with E-state index in [-0.39, 0.29) is 12.6 Å². The van der Waals surface area contributed by atoms with Gasteiger partial charge in [-0.1, -0.05) is 38.3 Å². The van der Waals surface area contributed by atoms with E-state index in [4.69, 9.17) is 5.11 Å². The predicted octanol–water partition coefficient (Wildman–Crippen LogP) is 2.86. The van der Waals surface area contributed by atoms with Gasteiger partial charge in [0.25, 0.3) is 0 Å². The zero-order chi connectivity index (χ0) is 15.7. The summed E-state index contributed by atoms with van der Waals surface area (Å²) in [6.45, 7) is 4.19. The van der Waals surface area contributed by atoms with E-state index >= 15 is 0 Å². The van der Waals surface area contributed by atoms with Crippen LogP contribution in [0.5, 0.6) is 0 Å². The number of hydrogen-bond acceptors (Lipinski definition) is 3. The molecule has 120 valence electrons. The second-order valence-corrected chi connectivity index (χ2v) is 7.20. The Hall–Kier alpha value is -0.910. The summed E-state index contributed by atoms with van der Waals surface area (Å²) in [5, 5.41) is 8.79. The quantitative estimate of drug-likeness (QED) is 0.653. The van der Waals surface area contributed by atoms with Gasteiger partial charge in [-0.15, -0.1) is 0 Å². The number of hydrogen-bond donors (Lipinski definition) is 2. The van der Waals surface area contributed by atoms with E-state index in [1.54, 1.807) is 12.1 Å². The van der Waals surface area contributed by atoms with Gasteiger partial charge in [0.2, 0.25) is 10.0 Å². The van der Waals surface area contributed by atoms with Crippen LogP contribution in [0.15, 0.2) is 29.2 Å². The molecule has 0 saturated carbocycles. The Kier molecular flexibility index (Phi) is 7.93. The number of aryl methyl sites for hydroxylation is 1. The molecule has 0 heterocycles. The van der Waals surface area contributed by atoms with Crippen molar-refractivity contribution in [1.29, 1.82) is 0 Å². The third kappa shape index (κ3) is 6.59. The first-order chi connectivity index (χ1) is 9.99. The number of sulfonamides is 1. The van der Waals surface area contributed by atoms with Gasteiger partial charge < -0.3 is 5.11 Å². The molecule has 1 aromatic rings. The summed E-state index contributed by atoms with van der Waals surface area (Å²) >= 11 is 0. The highest BCUT2D eigenvalue weighted by Crippen LogP contribution is 2.13. The van der Waals surface area contributed by atoms with Crippen LogP contribution in [0.25, 0.3) is 0 Å². The zero-order valence-corrected chi connectivity index (χ0v) is 13.8. The van der Waals surface area contributed by atoms with Gasteiger partial charge in [-0.3, -0.25) is 0 Å². The Balaban J connectivity index is 2.61. The van der Waals surface area contributed by atoms with Crippen molar-refractivity contribution >= 4 is 10.0 Å². The average molecular weight is 313 g/mol. The van der Waals surface area contributed by atoms with Crippen molar-refractivity contribution in [2.45, 2.75) is 63.3 Å². The second kappa shape index (κ2) is 9.18. The third-order valence-corrected chi connectivity index (χ3v) is 5.06. The number of rotatable bonds is 10. The van der Waals surface area contributed by atoms with Crippen LogP contribution < -0.4 is 4.72 Å². The number of aliphatic hydroxyl groups excluding tert-OH is 1. The Morgan fingerprint density at radius 2 is 1.81 bits per heavy atom. The Bertz CT molecular complexity index is 497. The second-order valence-electron chi connectivity index (χ2n) is 5.49. The average Bonchev–Trinajstić information content (AvgIpc) is 2.45. The summed E-state index contributed by atoms with van der Waals surface area (Å²) in [4.78, 5) is 0.303. The van der Waals surface area contributed by atoms with Crippen LogP contribution in [0.3, 0.4) is 0 Å². The topological polar surface area (TPSA) is 66.4 Å². The molecule has 1 rings (SSSR count). The van der Waals surface area contributed by atoms with Crippen LogP contribution >= 0.6 is 0 Å². The molecule has 1 atom stereocenters. The van der Waals surface area contributed by atoms with Gasteiger partial charge in [0, 0.05) is 12.6 Å². The van der Waals surface area contributed by atoms with E-state index in [1.807, 2.05) is 19.1 Å². The minimum Gasteiger partial charge on any atom is -0.396 e. The molecule has 0 aliphatic heterocycles. The number of aliphatic hydroxyl groups is 1. The summed E-state index contributed by atoms with van der Waals surface area (Å²) in [6.07, 6.45) is 5.62. The summed E-state index contributed by atoms with van der Waals surface area (Å²) in [7, 11) is -3.43. The summed E-state index contributed by atoms with van der Waals surface area (Å²) in [6, 6.07) is 6.84. The van der Waals surface area contributed by atoms with Gasteiger partial charge in [-0.2, -0.15) is 0 Å². The van der Waals surface area contributed by atoms with E-state index in [0.717, 1.165) is 37.7 Å².